The quantitative estimate of drug-likeness (QED) is 0.757. The SMILES string of the molecule is C[S@](=O)Cc1cccc(NCc2cc3ccccc3[nH]c2=O)c1. The molecule has 3 rings (SSSR count). The topological polar surface area (TPSA) is 62.0 Å². The Bertz CT molecular complexity index is 918. The van der Waals surface area contributed by atoms with Crippen LogP contribution in [0.2, 0.25) is 0 Å². The molecule has 5 heteroatoms. The first-order valence-corrected chi connectivity index (χ1v) is 9.08. The Hall–Kier alpha value is -2.40. The maximum atomic E-state index is 12.1. The van der Waals surface area contributed by atoms with E-state index in [1.807, 2.05) is 54.6 Å². The maximum Gasteiger partial charge on any atom is 0.253 e. The summed E-state index contributed by atoms with van der Waals surface area (Å²) in [6, 6.07) is 17.4. The molecule has 0 bridgehead atoms. The van der Waals surface area contributed by atoms with Gasteiger partial charge in [-0.05, 0) is 35.2 Å². The average Bonchev–Trinajstić information content (AvgIpc) is 2.52. The zero-order valence-corrected chi connectivity index (χ0v) is 13.7. The molecule has 1 aromatic heterocycles. The van der Waals surface area contributed by atoms with E-state index >= 15 is 0 Å². The highest BCUT2D eigenvalue weighted by molar-refractivity contribution is 7.83. The van der Waals surface area contributed by atoms with Crippen molar-refractivity contribution in [3.63, 3.8) is 0 Å². The molecule has 0 amide bonds. The first-order valence-electron chi connectivity index (χ1n) is 7.35. The van der Waals surface area contributed by atoms with Crippen LogP contribution in [0.25, 0.3) is 10.9 Å². The van der Waals surface area contributed by atoms with E-state index in [-0.39, 0.29) is 5.56 Å². The van der Waals surface area contributed by atoms with Gasteiger partial charge >= 0.3 is 0 Å². The van der Waals surface area contributed by atoms with E-state index in [0.29, 0.717) is 17.9 Å². The second-order valence-corrected chi connectivity index (χ2v) is 6.92. The van der Waals surface area contributed by atoms with E-state index in [2.05, 4.69) is 10.3 Å². The van der Waals surface area contributed by atoms with Crippen LogP contribution in [0.5, 0.6) is 0 Å². The minimum atomic E-state index is -0.867. The molecule has 0 unspecified atom stereocenters. The Labute approximate surface area is 137 Å². The lowest BCUT2D eigenvalue weighted by molar-refractivity contribution is 0.686. The zero-order valence-electron chi connectivity index (χ0n) is 12.8. The highest BCUT2D eigenvalue weighted by atomic mass is 32.2. The monoisotopic (exact) mass is 326 g/mol. The number of hydrogen-bond donors (Lipinski definition) is 2. The van der Waals surface area contributed by atoms with Gasteiger partial charge in [0.05, 0.1) is 0 Å². The molecule has 0 saturated heterocycles. The molecule has 23 heavy (non-hydrogen) atoms. The molecule has 2 N–H and O–H groups in total. The minimum absolute atomic E-state index is 0.0815. The van der Waals surface area contributed by atoms with Gasteiger partial charge in [-0.3, -0.25) is 9.00 Å². The Balaban J connectivity index is 1.79. The number of pyridine rings is 1. The van der Waals surface area contributed by atoms with Crippen LogP contribution in [-0.2, 0) is 23.1 Å². The fourth-order valence-electron chi connectivity index (χ4n) is 2.53. The molecule has 2 aromatic carbocycles. The molecule has 0 aliphatic heterocycles. The van der Waals surface area contributed by atoms with Gasteiger partial charge < -0.3 is 10.3 Å². The van der Waals surface area contributed by atoms with Gasteiger partial charge in [-0.25, -0.2) is 0 Å². The summed E-state index contributed by atoms with van der Waals surface area (Å²) in [5.74, 6) is 0.534. The molecule has 4 nitrogen and oxygen atoms in total. The van der Waals surface area contributed by atoms with Crippen LogP contribution in [0.15, 0.2) is 59.4 Å². The first kappa shape index (κ1) is 15.5. The number of benzene rings is 2. The van der Waals surface area contributed by atoms with E-state index in [0.717, 1.165) is 22.2 Å². The van der Waals surface area contributed by atoms with E-state index < -0.39 is 10.8 Å². The number of fused-ring (bicyclic) bond motifs is 1. The molecule has 1 heterocycles. The van der Waals surface area contributed by atoms with Gasteiger partial charge in [0.25, 0.3) is 5.56 Å². The maximum absolute atomic E-state index is 12.1. The smallest absolute Gasteiger partial charge is 0.253 e. The standard InChI is InChI=1S/C18H18N2O2S/c1-23(22)12-13-5-4-7-16(9-13)19-11-15-10-14-6-2-3-8-17(14)20-18(15)21/h2-10,19H,11-12H2,1H3,(H,20,21)/t23-/m0/s1. The van der Waals surface area contributed by atoms with Gasteiger partial charge in [-0.15, -0.1) is 0 Å². The summed E-state index contributed by atoms with van der Waals surface area (Å²) in [5.41, 5.74) is 3.38. The van der Waals surface area contributed by atoms with Crippen molar-refractivity contribution in [2.75, 3.05) is 11.6 Å². The first-order chi connectivity index (χ1) is 11.1. The number of aromatic amines is 1. The number of anilines is 1. The Kier molecular flexibility index (Phi) is 4.57. The third kappa shape index (κ3) is 3.87. The second-order valence-electron chi connectivity index (χ2n) is 5.48. The molecular weight excluding hydrogens is 308 g/mol. The fourth-order valence-corrected chi connectivity index (χ4v) is 3.18. The predicted molar refractivity (Wildman–Crippen MR) is 96.1 cm³/mol. The van der Waals surface area contributed by atoms with Crippen molar-refractivity contribution in [3.8, 4) is 0 Å². The summed E-state index contributed by atoms with van der Waals surface area (Å²) in [6.07, 6.45) is 1.69. The van der Waals surface area contributed by atoms with E-state index in [1.165, 1.54) is 0 Å². The largest absolute Gasteiger partial charge is 0.381 e. The van der Waals surface area contributed by atoms with Crippen LogP contribution in [-0.4, -0.2) is 15.4 Å². The molecule has 0 aliphatic rings. The lowest BCUT2D eigenvalue weighted by Gasteiger charge is -2.08. The number of hydrogen-bond acceptors (Lipinski definition) is 3. The fraction of sp³-hybridized carbons (Fsp3) is 0.167. The van der Waals surface area contributed by atoms with Gasteiger partial charge in [0.2, 0.25) is 0 Å². The van der Waals surface area contributed by atoms with Crippen molar-refractivity contribution in [2.45, 2.75) is 12.3 Å². The molecule has 0 saturated carbocycles. The summed E-state index contributed by atoms with van der Waals surface area (Å²) in [4.78, 5) is 15.0. The second kappa shape index (κ2) is 6.79. The number of nitrogens with one attached hydrogen (secondary N) is 2. The Morgan fingerprint density at radius 3 is 2.74 bits per heavy atom. The molecule has 118 valence electrons. The van der Waals surface area contributed by atoms with Gasteiger partial charge in [-0.2, -0.15) is 0 Å². The van der Waals surface area contributed by atoms with Crippen molar-refractivity contribution < 1.29 is 4.21 Å². The van der Waals surface area contributed by atoms with Crippen LogP contribution in [0, 0.1) is 0 Å². The Morgan fingerprint density at radius 2 is 1.91 bits per heavy atom. The van der Waals surface area contributed by atoms with E-state index in [9.17, 15) is 9.00 Å². The number of aromatic nitrogens is 1. The third-order valence-corrected chi connectivity index (χ3v) is 4.35. The summed E-state index contributed by atoms with van der Waals surface area (Å²) in [5, 5.41) is 4.27. The minimum Gasteiger partial charge on any atom is -0.381 e. The molecule has 0 fully saturated rings. The van der Waals surface area contributed by atoms with Crippen LogP contribution in [0.1, 0.15) is 11.1 Å². The summed E-state index contributed by atoms with van der Waals surface area (Å²) in [6.45, 7) is 0.443. The van der Waals surface area contributed by atoms with Crippen molar-refractivity contribution in [1.82, 2.24) is 4.98 Å². The highest BCUT2D eigenvalue weighted by Crippen LogP contribution is 2.14. The van der Waals surface area contributed by atoms with E-state index in [4.69, 9.17) is 0 Å². The van der Waals surface area contributed by atoms with Crippen molar-refractivity contribution in [2.24, 2.45) is 0 Å². The number of para-hydroxylation sites is 1. The highest BCUT2D eigenvalue weighted by Gasteiger charge is 2.03. The molecule has 0 spiro atoms. The molecular formula is C18H18N2O2S. The summed E-state index contributed by atoms with van der Waals surface area (Å²) >= 11 is 0. The Morgan fingerprint density at radius 1 is 1.09 bits per heavy atom. The number of rotatable bonds is 5. The predicted octanol–water partition coefficient (Wildman–Crippen LogP) is 3.02. The molecule has 1 atom stereocenters. The van der Waals surface area contributed by atoms with Crippen LogP contribution < -0.4 is 10.9 Å². The normalized spacial score (nSPS) is 12.2. The van der Waals surface area contributed by atoms with E-state index in [1.54, 1.807) is 6.26 Å². The van der Waals surface area contributed by atoms with Crippen LogP contribution in [0.4, 0.5) is 5.69 Å². The van der Waals surface area contributed by atoms with Gasteiger partial charge in [0.1, 0.15) is 0 Å². The zero-order chi connectivity index (χ0) is 16.2. The summed E-state index contributed by atoms with van der Waals surface area (Å²) < 4.78 is 11.3. The average molecular weight is 326 g/mol. The lowest BCUT2D eigenvalue weighted by Crippen LogP contribution is -2.15. The van der Waals surface area contributed by atoms with Crippen LogP contribution in [0.3, 0.4) is 0 Å². The lowest BCUT2D eigenvalue weighted by atomic mass is 10.1. The summed E-state index contributed by atoms with van der Waals surface area (Å²) in [7, 11) is -0.867. The van der Waals surface area contributed by atoms with Crippen molar-refractivity contribution in [1.29, 1.82) is 0 Å². The molecule has 0 radical (unpaired) electrons. The molecule has 3 aromatic rings. The third-order valence-electron chi connectivity index (χ3n) is 3.61. The van der Waals surface area contributed by atoms with Gasteiger partial charge in [0, 0.05) is 46.1 Å². The van der Waals surface area contributed by atoms with Crippen molar-refractivity contribution in [3.05, 3.63) is 76.1 Å². The van der Waals surface area contributed by atoms with Gasteiger partial charge in [-0.1, -0.05) is 30.3 Å². The number of H-pyrrole nitrogens is 1. The van der Waals surface area contributed by atoms with Crippen molar-refractivity contribution >= 4 is 27.4 Å². The molecule has 0 aliphatic carbocycles. The van der Waals surface area contributed by atoms with Gasteiger partial charge in [0.15, 0.2) is 0 Å². The van der Waals surface area contributed by atoms with Crippen LogP contribution >= 0.6 is 0 Å².